The summed E-state index contributed by atoms with van der Waals surface area (Å²) >= 11 is 25.0. The number of piperidine rings is 1. The number of carbonyl (C=O) groups is 1. The second-order valence-corrected chi connectivity index (χ2v) is 12.7. The van der Waals surface area contributed by atoms with Gasteiger partial charge < -0.3 is 19.6 Å². The lowest BCUT2D eigenvalue weighted by molar-refractivity contribution is 0.145. The first-order valence-corrected chi connectivity index (χ1v) is 15.6. The van der Waals surface area contributed by atoms with Crippen LogP contribution in [-0.4, -0.2) is 61.7 Å². The Morgan fingerprint density at radius 2 is 1.72 bits per heavy atom. The molecule has 1 saturated heterocycles. The van der Waals surface area contributed by atoms with Gasteiger partial charge in [-0.05, 0) is 92.0 Å². The molecular formula is C32H33Cl4N3O4. The van der Waals surface area contributed by atoms with E-state index in [1.54, 1.807) is 12.1 Å². The van der Waals surface area contributed by atoms with Crippen LogP contribution in [0.4, 0.5) is 10.5 Å². The number of likely N-dealkylation sites (tertiary alicyclic amines) is 1. The largest absolute Gasteiger partial charge is 0.465 e. The summed E-state index contributed by atoms with van der Waals surface area (Å²) in [7, 11) is 1.52. The van der Waals surface area contributed by atoms with Crippen molar-refractivity contribution < 1.29 is 19.5 Å². The smallest absolute Gasteiger partial charge is 0.411 e. The van der Waals surface area contributed by atoms with E-state index in [-0.39, 0.29) is 17.9 Å². The van der Waals surface area contributed by atoms with Gasteiger partial charge in [-0.15, -0.1) is 0 Å². The zero-order valence-electron chi connectivity index (χ0n) is 23.7. The molecule has 3 aromatic carbocycles. The second-order valence-electron chi connectivity index (χ2n) is 11.1. The summed E-state index contributed by atoms with van der Waals surface area (Å²) in [4.78, 5) is 21.2. The molecule has 7 nitrogen and oxygen atoms in total. The number of hydrogen-bond donors (Lipinski definition) is 1. The van der Waals surface area contributed by atoms with Crippen molar-refractivity contribution in [1.29, 1.82) is 0 Å². The molecule has 2 aliphatic rings. The van der Waals surface area contributed by atoms with Crippen LogP contribution in [0, 0.1) is 0 Å². The van der Waals surface area contributed by atoms with Gasteiger partial charge >= 0.3 is 6.09 Å². The number of carboxylic acid groups (broad SMARTS) is 1. The van der Waals surface area contributed by atoms with E-state index < -0.39 is 6.09 Å². The van der Waals surface area contributed by atoms with Crippen molar-refractivity contribution in [2.75, 3.05) is 44.8 Å². The van der Waals surface area contributed by atoms with Crippen LogP contribution >= 0.6 is 46.4 Å². The van der Waals surface area contributed by atoms with E-state index in [1.807, 2.05) is 42.5 Å². The van der Waals surface area contributed by atoms with Gasteiger partial charge in [0.1, 0.15) is 7.11 Å². The number of amides is 1. The molecule has 2 aliphatic heterocycles. The van der Waals surface area contributed by atoms with E-state index in [1.165, 1.54) is 12.0 Å². The molecule has 1 amide bonds. The van der Waals surface area contributed by atoms with Crippen molar-refractivity contribution in [2.24, 2.45) is 5.16 Å². The minimum Gasteiger partial charge on any atom is -0.465 e. The molecule has 0 aromatic heterocycles. The minimum absolute atomic E-state index is 0.136. The molecule has 1 atom stereocenters. The Kier molecular flexibility index (Phi) is 10.4. The Balaban J connectivity index is 1.28. The summed E-state index contributed by atoms with van der Waals surface area (Å²) in [5, 5.41) is 16.2. The number of ether oxygens (including phenoxy) is 1. The van der Waals surface area contributed by atoms with Gasteiger partial charge in [0, 0.05) is 27.9 Å². The lowest BCUT2D eigenvalue weighted by atomic mass is 9.74. The highest BCUT2D eigenvalue weighted by atomic mass is 35.5. The zero-order valence-corrected chi connectivity index (χ0v) is 26.8. The number of anilines is 1. The Labute approximate surface area is 271 Å². The molecule has 2 heterocycles. The van der Waals surface area contributed by atoms with Crippen LogP contribution in [0.2, 0.25) is 20.1 Å². The van der Waals surface area contributed by atoms with Gasteiger partial charge in [0.05, 0.1) is 34.7 Å². The predicted octanol–water partition coefficient (Wildman–Crippen LogP) is 8.52. The number of nitrogens with zero attached hydrogens (tertiary/aromatic N) is 3. The topological polar surface area (TPSA) is 74.6 Å². The molecule has 0 bridgehead atoms. The predicted molar refractivity (Wildman–Crippen MR) is 174 cm³/mol. The molecule has 1 N–H and O–H groups in total. The minimum atomic E-state index is -0.901. The SMILES string of the molecule is CON=C(COCc1cc(Cl)cc(Cl)c1)C(CCN1CCC2(CC1)CN(C(=O)O)c1ccccc12)c1ccc(Cl)c(Cl)c1. The summed E-state index contributed by atoms with van der Waals surface area (Å²) in [5.41, 5.74) is 4.34. The van der Waals surface area contributed by atoms with Crippen molar-refractivity contribution >= 4 is 63.9 Å². The van der Waals surface area contributed by atoms with Crippen LogP contribution < -0.4 is 4.90 Å². The van der Waals surface area contributed by atoms with Gasteiger partial charge in [0.2, 0.25) is 0 Å². The first-order valence-electron chi connectivity index (χ1n) is 14.1. The first-order chi connectivity index (χ1) is 20.7. The number of hydrogen-bond acceptors (Lipinski definition) is 5. The molecule has 0 radical (unpaired) electrons. The highest BCUT2D eigenvalue weighted by Gasteiger charge is 2.46. The highest BCUT2D eigenvalue weighted by molar-refractivity contribution is 6.42. The van der Waals surface area contributed by atoms with Gasteiger partial charge in [0.15, 0.2) is 0 Å². The summed E-state index contributed by atoms with van der Waals surface area (Å²) in [6.45, 7) is 3.56. The number of rotatable bonds is 10. The Morgan fingerprint density at radius 1 is 1.00 bits per heavy atom. The summed E-state index contributed by atoms with van der Waals surface area (Å²) in [6, 6.07) is 18.8. The van der Waals surface area contributed by atoms with Crippen molar-refractivity contribution in [3.63, 3.8) is 0 Å². The van der Waals surface area contributed by atoms with Crippen molar-refractivity contribution in [1.82, 2.24) is 4.90 Å². The Hall–Kier alpha value is -2.52. The molecule has 5 rings (SSSR count). The second kappa shape index (κ2) is 14.1. The third-order valence-electron chi connectivity index (χ3n) is 8.40. The number of benzene rings is 3. The van der Waals surface area contributed by atoms with Crippen LogP contribution in [-0.2, 0) is 21.6 Å². The third kappa shape index (κ3) is 7.42. The summed E-state index contributed by atoms with van der Waals surface area (Å²) in [6.07, 6.45) is 1.62. The summed E-state index contributed by atoms with van der Waals surface area (Å²) < 4.78 is 6.07. The van der Waals surface area contributed by atoms with E-state index >= 15 is 0 Å². The lowest BCUT2D eigenvalue weighted by Crippen LogP contribution is -2.46. The average molecular weight is 665 g/mol. The monoisotopic (exact) mass is 663 g/mol. The van der Waals surface area contributed by atoms with Crippen LogP contribution in [0.1, 0.15) is 41.9 Å². The van der Waals surface area contributed by atoms with Crippen molar-refractivity contribution in [3.05, 3.63) is 97.4 Å². The average Bonchev–Trinajstić information content (AvgIpc) is 3.29. The van der Waals surface area contributed by atoms with E-state index in [9.17, 15) is 9.90 Å². The molecule has 1 spiro atoms. The van der Waals surface area contributed by atoms with Gasteiger partial charge in [-0.1, -0.05) is 75.8 Å². The molecule has 1 fully saturated rings. The number of oxime groups is 1. The quantitative estimate of drug-likeness (QED) is 0.174. The third-order valence-corrected chi connectivity index (χ3v) is 9.58. The van der Waals surface area contributed by atoms with Gasteiger partial charge in [-0.25, -0.2) is 4.79 Å². The molecule has 0 saturated carbocycles. The maximum Gasteiger partial charge on any atom is 0.411 e. The molecule has 228 valence electrons. The van der Waals surface area contributed by atoms with E-state index in [4.69, 9.17) is 56.0 Å². The van der Waals surface area contributed by atoms with E-state index in [0.717, 1.165) is 67.0 Å². The normalized spacial score (nSPS) is 17.2. The van der Waals surface area contributed by atoms with Gasteiger partial charge in [-0.2, -0.15) is 0 Å². The lowest BCUT2D eigenvalue weighted by Gasteiger charge is -2.40. The van der Waals surface area contributed by atoms with Gasteiger partial charge in [0.25, 0.3) is 0 Å². The van der Waals surface area contributed by atoms with Crippen LogP contribution in [0.5, 0.6) is 0 Å². The Morgan fingerprint density at radius 3 is 2.40 bits per heavy atom. The number of fused-ring (bicyclic) bond motifs is 2. The maximum atomic E-state index is 12.0. The molecule has 3 aromatic rings. The standard InChI is InChI=1S/C32H33Cl4N3O4/c1-42-37-29(19-43-18-21-14-23(33)17-24(34)15-21)25(22-6-7-27(35)28(36)16-22)8-11-38-12-9-32(10-13-38)20-39(31(40)41)30-5-3-2-4-26(30)32/h2-7,14-17,25H,8-13,18-20H2,1H3,(H,40,41). The van der Waals surface area contributed by atoms with Crippen LogP contribution in [0.3, 0.4) is 0 Å². The molecule has 11 heteroatoms. The molecule has 1 unspecified atom stereocenters. The Bertz CT molecular complexity index is 1470. The first kappa shape index (κ1) is 31.9. The van der Waals surface area contributed by atoms with Crippen molar-refractivity contribution in [3.8, 4) is 0 Å². The van der Waals surface area contributed by atoms with Gasteiger partial charge in [-0.3, -0.25) is 4.90 Å². The molecule has 0 aliphatic carbocycles. The van der Waals surface area contributed by atoms with Crippen LogP contribution in [0.25, 0.3) is 0 Å². The zero-order chi connectivity index (χ0) is 30.6. The van der Waals surface area contributed by atoms with E-state index in [2.05, 4.69) is 16.1 Å². The fourth-order valence-corrected chi connectivity index (χ4v) is 7.15. The fourth-order valence-electron chi connectivity index (χ4n) is 6.28. The van der Waals surface area contributed by atoms with Crippen molar-refractivity contribution in [2.45, 2.75) is 37.2 Å². The van der Waals surface area contributed by atoms with E-state index in [0.29, 0.717) is 33.2 Å². The summed E-state index contributed by atoms with van der Waals surface area (Å²) in [5.74, 6) is -0.136. The molecule has 43 heavy (non-hydrogen) atoms. The number of para-hydroxylation sites is 1. The molecular weight excluding hydrogens is 632 g/mol. The maximum absolute atomic E-state index is 12.0. The fraction of sp³-hybridized carbons (Fsp3) is 0.375. The van der Waals surface area contributed by atoms with Crippen LogP contribution in [0.15, 0.2) is 65.8 Å². The highest BCUT2D eigenvalue weighted by Crippen LogP contribution is 2.47. The number of halogens is 4.